The summed E-state index contributed by atoms with van der Waals surface area (Å²) >= 11 is 1.26. The maximum Gasteiger partial charge on any atom is 0.408 e. The Balaban J connectivity index is 1.22. The normalized spacial score (nSPS) is 16.3. The molecule has 42 heavy (non-hydrogen) atoms. The number of nitrogens with one attached hydrogen (secondary N) is 2. The van der Waals surface area contributed by atoms with Crippen LogP contribution in [0, 0.1) is 5.82 Å². The number of nitrogens with zero attached hydrogens (tertiary/aromatic N) is 2. The van der Waals surface area contributed by atoms with Gasteiger partial charge < -0.3 is 19.8 Å². The molecule has 0 spiro atoms. The SMILES string of the molecule is C[C@@H](NC(=O)OCc1ccccc1)C(=O)Nc1ccc(C2SC(=Nc3cccc(F)c3)N(Cc3ccoc3)C2=O)cc1. The number of halogens is 1. The summed E-state index contributed by atoms with van der Waals surface area (Å²) in [6.45, 7) is 1.89. The molecule has 2 atom stereocenters. The molecule has 1 saturated heterocycles. The van der Waals surface area contributed by atoms with Gasteiger partial charge in [-0.3, -0.25) is 14.5 Å². The van der Waals surface area contributed by atoms with Gasteiger partial charge in [-0.2, -0.15) is 0 Å². The van der Waals surface area contributed by atoms with Gasteiger partial charge in [0.25, 0.3) is 0 Å². The lowest BCUT2D eigenvalue weighted by Gasteiger charge is -2.16. The summed E-state index contributed by atoms with van der Waals surface area (Å²) in [6.07, 6.45) is 2.38. The second-order valence-electron chi connectivity index (χ2n) is 9.47. The van der Waals surface area contributed by atoms with Crippen LogP contribution in [0.5, 0.6) is 0 Å². The topological polar surface area (TPSA) is 113 Å². The van der Waals surface area contributed by atoms with E-state index in [1.54, 1.807) is 60.6 Å². The maximum atomic E-state index is 13.8. The van der Waals surface area contributed by atoms with Crippen molar-refractivity contribution < 1.29 is 27.9 Å². The quantitative estimate of drug-likeness (QED) is 0.242. The summed E-state index contributed by atoms with van der Waals surface area (Å²) in [6, 6.07) is 22.9. The highest BCUT2D eigenvalue weighted by atomic mass is 32.2. The van der Waals surface area contributed by atoms with Crippen molar-refractivity contribution in [3.63, 3.8) is 0 Å². The first-order chi connectivity index (χ1) is 20.4. The van der Waals surface area contributed by atoms with Crippen molar-refractivity contribution in [3.8, 4) is 0 Å². The number of anilines is 1. The molecule has 1 fully saturated rings. The lowest BCUT2D eigenvalue weighted by Crippen LogP contribution is -2.41. The van der Waals surface area contributed by atoms with Crippen LogP contribution in [0.1, 0.15) is 28.9 Å². The molecular weight excluding hydrogens is 559 g/mol. The van der Waals surface area contributed by atoms with Gasteiger partial charge in [-0.05, 0) is 54.4 Å². The first kappa shape index (κ1) is 28.6. The van der Waals surface area contributed by atoms with Gasteiger partial charge in [0.15, 0.2) is 5.17 Å². The number of benzene rings is 3. The number of ether oxygens (including phenoxy) is 1. The number of alkyl carbamates (subject to hydrolysis) is 1. The molecule has 1 aliphatic rings. The van der Waals surface area contributed by atoms with Gasteiger partial charge in [0.05, 0.1) is 24.8 Å². The monoisotopic (exact) mass is 586 g/mol. The number of amidine groups is 1. The minimum Gasteiger partial charge on any atom is -0.472 e. The van der Waals surface area contributed by atoms with E-state index in [9.17, 15) is 18.8 Å². The Kier molecular flexibility index (Phi) is 8.98. The first-order valence-electron chi connectivity index (χ1n) is 13.1. The standard InChI is InChI=1S/C31H27FN4O5S/c1-20(33-31(39)41-19-21-6-3-2-4-7-21)28(37)34-25-12-10-23(11-13-25)27-29(38)36(17-22-14-15-40-18-22)30(42-27)35-26-9-5-8-24(32)16-26/h2-16,18,20,27H,17,19H2,1H3,(H,33,39)(H,34,37)/t20-,27?/m1/s1. The van der Waals surface area contributed by atoms with Crippen molar-refractivity contribution in [1.29, 1.82) is 0 Å². The largest absolute Gasteiger partial charge is 0.472 e. The summed E-state index contributed by atoms with van der Waals surface area (Å²) in [5.41, 5.74) is 3.23. The van der Waals surface area contributed by atoms with Crippen molar-refractivity contribution in [1.82, 2.24) is 10.2 Å². The van der Waals surface area contributed by atoms with Crippen molar-refractivity contribution in [3.05, 3.63) is 120 Å². The third kappa shape index (κ3) is 7.24. The van der Waals surface area contributed by atoms with Gasteiger partial charge in [0.2, 0.25) is 11.8 Å². The van der Waals surface area contributed by atoms with E-state index in [0.717, 1.165) is 11.1 Å². The van der Waals surface area contributed by atoms with Crippen LogP contribution >= 0.6 is 11.8 Å². The van der Waals surface area contributed by atoms with Crippen LogP contribution in [0.3, 0.4) is 0 Å². The fourth-order valence-corrected chi connectivity index (χ4v) is 5.29. The molecule has 0 bridgehead atoms. The highest BCUT2D eigenvalue weighted by Gasteiger charge is 2.39. The molecule has 11 heteroatoms. The number of rotatable bonds is 9. The summed E-state index contributed by atoms with van der Waals surface area (Å²) in [4.78, 5) is 44.4. The Bertz CT molecular complexity index is 1580. The number of thioether (sulfide) groups is 1. The van der Waals surface area contributed by atoms with Crippen LogP contribution in [0.25, 0.3) is 0 Å². The summed E-state index contributed by atoms with van der Waals surface area (Å²) in [5.74, 6) is -1.03. The van der Waals surface area contributed by atoms with E-state index in [0.29, 0.717) is 22.1 Å². The molecule has 5 rings (SSSR count). The Morgan fingerprint density at radius 2 is 1.83 bits per heavy atom. The number of hydrogen-bond donors (Lipinski definition) is 2. The molecule has 0 saturated carbocycles. The number of amides is 3. The second-order valence-corrected chi connectivity index (χ2v) is 10.5. The zero-order valence-corrected chi connectivity index (χ0v) is 23.3. The number of aliphatic imine (C=N–C) groups is 1. The predicted molar refractivity (Wildman–Crippen MR) is 157 cm³/mol. The predicted octanol–water partition coefficient (Wildman–Crippen LogP) is 6.18. The molecule has 4 aromatic rings. The minimum absolute atomic E-state index is 0.0918. The van der Waals surface area contributed by atoms with Crippen molar-refractivity contribution in [2.75, 3.05) is 5.32 Å². The highest BCUT2D eigenvalue weighted by Crippen LogP contribution is 2.41. The average molecular weight is 587 g/mol. The Morgan fingerprint density at radius 3 is 2.55 bits per heavy atom. The van der Waals surface area contributed by atoms with E-state index in [1.165, 1.54) is 30.2 Å². The van der Waals surface area contributed by atoms with Crippen LogP contribution < -0.4 is 10.6 Å². The lowest BCUT2D eigenvalue weighted by molar-refractivity contribution is -0.126. The second kappa shape index (κ2) is 13.2. The molecule has 1 aliphatic heterocycles. The average Bonchev–Trinajstić information content (AvgIpc) is 3.61. The van der Waals surface area contributed by atoms with Crippen LogP contribution in [0.15, 0.2) is 107 Å². The number of hydrogen-bond acceptors (Lipinski definition) is 7. The number of furan rings is 1. The molecular formula is C31H27FN4O5S. The van der Waals surface area contributed by atoms with E-state index in [-0.39, 0.29) is 19.1 Å². The Morgan fingerprint density at radius 1 is 1.05 bits per heavy atom. The van der Waals surface area contributed by atoms with E-state index < -0.39 is 29.1 Å². The van der Waals surface area contributed by atoms with Crippen molar-refractivity contribution in [2.45, 2.75) is 31.4 Å². The van der Waals surface area contributed by atoms with E-state index >= 15 is 0 Å². The van der Waals surface area contributed by atoms with Gasteiger partial charge >= 0.3 is 6.09 Å². The van der Waals surface area contributed by atoms with E-state index in [4.69, 9.17) is 9.15 Å². The van der Waals surface area contributed by atoms with Gasteiger partial charge in [-0.25, -0.2) is 14.2 Å². The summed E-state index contributed by atoms with van der Waals surface area (Å²) in [5, 5.41) is 5.12. The third-order valence-corrected chi connectivity index (χ3v) is 7.55. The fourth-order valence-electron chi connectivity index (χ4n) is 4.12. The van der Waals surface area contributed by atoms with Gasteiger partial charge in [0, 0.05) is 11.3 Å². The van der Waals surface area contributed by atoms with Crippen LogP contribution in [-0.4, -0.2) is 34.0 Å². The zero-order chi connectivity index (χ0) is 29.5. The van der Waals surface area contributed by atoms with E-state index in [2.05, 4.69) is 15.6 Å². The maximum absolute atomic E-state index is 13.8. The number of carbonyl (C=O) groups excluding carboxylic acids is 3. The molecule has 2 N–H and O–H groups in total. The molecule has 3 amide bonds. The number of carbonyl (C=O) groups is 3. The van der Waals surface area contributed by atoms with E-state index in [1.807, 2.05) is 30.3 Å². The lowest BCUT2D eigenvalue weighted by atomic mass is 10.1. The summed E-state index contributed by atoms with van der Waals surface area (Å²) < 4.78 is 24.1. The third-order valence-electron chi connectivity index (χ3n) is 6.32. The Labute approximate surface area is 245 Å². The highest BCUT2D eigenvalue weighted by molar-refractivity contribution is 8.15. The summed E-state index contributed by atoms with van der Waals surface area (Å²) in [7, 11) is 0. The molecule has 1 aromatic heterocycles. The molecule has 9 nitrogen and oxygen atoms in total. The zero-order valence-electron chi connectivity index (χ0n) is 22.5. The molecule has 214 valence electrons. The molecule has 0 radical (unpaired) electrons. The van der Waals surface area contributed by atoms with Crippen molar-refractivity contribution in [2.24, 2.45) is 4.99 Å². The fraction of sp³-hybridized carbons (Fsp3) is 0.161. The minimum atomic E-state index is -0.849. The smallest absolute Gasteiger partial charge is 0.408 e. The van der Waals surface area contributed by atoms with Gasteiger partial charge in [0.1, 0.15) is 23.7 Å². The first-order valence-corrected chi connectivity index (χ1v) is 13.9. The van der Waals surface area contributed by atoms with Crippen LogP contribution in [0.4, 0.5) is 20.6 Å². The molecule has 1 unspecified atom stereocenters. The molecule has 2 heterocycles. The van der Waals surface area contributed by atoms with Crippen LogP contribution in [0.2, 0.25) is 0 Å². The van der Waals surface area contributed by atoms with Crippen molar-refractivity contribution >= 4 is 46.2 Å². The molecule has 3 aromatic carbocycles. The molecule has 0 aliphatic carbocycles. The Hall–Kier alpha value is -4.90. The van der Waals surface area contributed by atoms with Crippen LogP contribution in [-0.2, 0) is 27.5 Å². The van der Waals surface area contributed by atoms with Gasteiger partial charge in [-0.1, -0.05) is 60.3 Å². The van der Waals surface area contributed by atoms with Gasteiger partial charge in [-0.15, -0.1) is 0 Å².